The van der Waals surface area contributed by atoms with Crippen LogP contribution in [0.5, 0.6) is 5.88 Å². The Labute approximate surface area is 258 Å². The molecule has 0 saturated carbocycles. The molecule has 3 aromatic rings. The van der Waals surface area contributed by atoms with Crippen LogP contribution in [0.1, 0.15) is 50.6 Å². The molecule has 7 N–H and O–H groups in total. The Hall–Kier alpha value is -5.35. The van der Waals surface area contributed by atoms with Crippen LogP contribution in [-0.4, -0.2) is 78.7 Å². The maximum atomic E-state index is 13.3. The number of nitrogens with one attached hydrogen (secondary N) is 3. The number of nitrogens with two attached hydrogens (primary N) is 1. The summed E-state index contributed by atoms with van der Waals surface area (Å²) in [5, 5.41) is 22.8. The molecular formula is C29H31N5O10S. The largest absolute Gasteiger partial charge is 0.481 e. The van der Waals surface area contributed by atoms with E-state index in [4.69, 9.17) is 25.2 Å². The first kappa shape index (κ1) is 34.1. The lowest BCUT2D eigenvalue weighted by molar-refractivity contribution is -0.139. The highest BCUT2D eigenvalue weighted by Gasteiger charge is 2.44. The van der Waals surface area contributed by atoms with E-state index in [9.17, 15) is 32.7 Å². The van der Waals surface area contributed by atoms with Gasteiger partial charge in [-0.2, -0.15) is 8.42 Å². The van der Waals surface area contributed by atoms with Crippen LogP contribution in [0.4, 0.5) is 5.69 Å². The Kier molecular flexibility index (Phi) is 10.3. The van der Waals surface area contributed by atoms with Gasteiger partial charge in [0.1, 0.15) is 17.6 Å². The zero-order valence-corrected chi connectivity index (χ0v) is 25.4. The molecule has 1 atom stereocenters. The number of ether oxygens (including phenoxy) is 2. The normalized spacial score (nSPS) is 15.1. The number of hydrogen-bond donors (Lipinski definition) is 6. The highest BCUT2D eigenvalue weighted by molar-refractivity contribution is 7.85. The molecule has 0 unspecified atom stereocenters. The van der Waals surface area contributed by atoms with Gasteiger partial charge in [-0.25, -0.2) is 14.6 Å². The van der Waals surface area contributed by atoms with Crippen LogP contribution in [-0.2, 0) is 19.6 Å². The number of esters is 1. The highest BCUT2D eigenvalue weighted by Crippen LogP contribution is 2.31. The molecule has 4 rings (SSSR count). The quantitative estimate of drug-likeness (QED) is 0.0896. The lowest BCUT2D eigenvalue weighted by Gasteiger charge is -2.22. The first-order valence-corrected chi connectivity index (χ1v) is 14.8. The smallest absolute Gasteiger partial charge is 0.336 e. The predicted octanol–water partition coefficient (Wildman–Crippen LogP) is 2.18. The maximum Gasteiger partial charge on any atom is 0.336 e. The first-order valence-electron chi connectivity index (χ1n) is 13.0. The van der Waals surface area contributed by atoms with Gasteiger partial charge in [-0.1, -0.05) is 19.9 Å². The molecular weight excluding hydrogens is 610 g/mol. The van der Waals surface area contributed by atoms with Crippen molar-refractivity contribution in [1.82, 2.24) is 10.3 Å². The number of amides is 2. The van der Waals surface area contributed by atoms with Crippen LogP contribution >= 0.6 is 0 Å². The number of amidine groups is 1. The van der Waals surface area contributed by atoms with Crippen molar-refractivity contribution >= 4 is 45.4 Å². The van der Waals surface area contributed by atoms with Crippen molar-refractivity contribution in [2.75, 3.05) is 25.3 Å². The summed E-state index contributed by atoms with van der Waals surface area (Å²) in [6.07, 6.45) is 0.715. The van der Waals surface area contributed by atoms with Crippen molar-refractivity contribution in [3.05, 3.63) is 77.0 Å². The summed E-state index contributed by atoms with van der Waals surface area (Å²) in [6, 6.07) is 12.3. The molecule has 238 valence electrons. The second kappa shape index (κ2) is 13.5. The fourth-order valence-corrected chi connectivity index (χ4v) is 4.18. The van der Waals surface area contributed by atoms with E-state index in [0.717, 1.165) is 0 Å². The number of hydrogen-bond acceptors (Lipinski definition) is 10. The fourth-order valence-electron chi connectivity index (χ4n) is 4.18. The van der Waals surface area contributed by atoms with Gasteiger partial charge in [0.25, 0.3) is 21.9 Å². The Morgan fingerprint density at radius 3 is 2.13 bits per heavy atom. The number of aromatic nitrogens is 1. The van der Waals surface area contributed by atoms with E-state index in [1.807, 2.05) is 0 Å². The molecule has 2 amide bonds. The fraction of sp³-hybridized carbons (Fsp3) is 0.241. The second-order valence-corrected chi connectivity index (χ2v) is 12.0. The van der Waals surface area contributed by atoms with Gasteiger partial charge < -0.3 is 30.9 Å². The Bertz CT molecular complexity index is 1760. The molecule has 45 heavy (non-hydrogen) atoms. The number of carboxylic acids is 1. The number of nitrogen functional groups attached to an aromatic ring is 1. The third kappa shape index (κ3) is 8.84. The van der Waals surface area contributed by atoms with E-state index >= 15 is 0 Å². The van der Waals surface area contributed by atoms with Crippen molar-refractivity contribution in [2.24, 2.45) is 11.1 Å². The summed E-state index contributed by atoms with van der Waals surface area (Å²) >= 11 is 0. The first-order chi connectivity index (χ1) is 20.9. The molecule has 0 aliphatic carbocycles. The number of carbonyl (C=O) groups excluding carboxylic acids is 3. The van der Waals surface area contributed by atoms with Gasteiger partial charge in [-0.3, -0.25) is 19.6 Å². The predicted molar refractivity (Wildman–Crippen MR) is 162 cm³/mol. The minimum Gasteiger partial charge on any atom is -0.481 e. The van der Waals surface area contributed by atoms with E-state index in [1.165, 1.54) is 37.4 Å². The average molecular weight is 642 g/mol. The summed E-state index contributed by atoms with van der Waals surface area (Å²) < 4.78 is 36.1. The van der Waals surface area contributed by atoms with E-state index in [1.54, 1.807) is 38.1 Å². The standard InChI is InChI=1S/C28H27N5O7.CH4O3S/c1-28(2)13-40-27(38)22(28)33-24(34)15-6-9-17(19(12-15)26(36)37)18-10-11-20(39-3)32-21(18)25(35)31-16-7-4-14(5-8-16)23(29)30;1-5(2,3)4/h4-12,22H,13H2,1-3H3,(H3,29,30)(H,31,35)(H,33,34)(H,36,37);1H3,(H,2,3,4)/t22-;/m1./s1. The number of anilines is 1. The highest BCUT2D eigenvalue weighted by atomic mass is 32.2. The minimum atomic E-state index is -3.67. The van der Waals surface area contributed by atoms with Crippen molar-refractivity contribution < 1.29 is 46.7 Å². The molecule has 16 heteroatoms. The molecule has 2 heterocycles. The van der Waals surface area contributed by atoms with Crippen molar-refractivity contribution in [1.29, 1.82) is 5.41 Å². The van der Waals surface area contributed by atoms with Crippen molar-refractivity contribution in [2.45, 2.75) is 19.9 Å². The number of benzene rings is 2. The van der Waals surface area contributed by atoms with Crippen molar-refractivity contribution in [3.8, 4) is 17.0 Å². The average Bonchev–Trinajstić information content (AvgIpc) is 3.22. The zero-order valence-electron chi connectivity index (χ0n) is 24.6. The van der Waals surface area contributed by atoms with Gasteiger partial charge in [0.2, 0.25) is 5.88 Å². The Morgan fingerprint density at radius 2 is 1.62 bits per heavy atom. The third-order valence-corrected chi connectivity index (χ3v) is 6.43. The summed E-state index contributed by atoms with van der Waals surface area (Å²) in [7, 11) is -2.29. The van der Waals surface area contributed by atoms with Crippen LogP contribution in [0, 0.1) is 10.8 Å². The van der Waals surface area contributed by atoms with Crippen LogP contribution in [0.15, 0.2) is 54.6 Å². The number of rotatable bonds is 8. The van der Waals surface area contributed by atoms with Crippen LogP contribution in [0.2, 0.25) is 0 Å². The number of cyclic esters (lactones) is 1. The van der Waals surface area contributed by atoms with E-state index in [0.29, 0.717) is 17.5 Å². The molecule has 1 aromatic heterocycles. The van der Waals surface area contributed by atoms with Gasteiger partial charge in [-0.15, -0.1) is 0 Å². The van der Waals surface area contributed by atoms with Gasteiger partial charge in [0, 0.05) is 33.9 Å². The topological polar surface area (TPSA) is 248 Å². The third-order valence-electron chi connectivity index (χ3n) is 6.43. The number of aromatic carboxylic acids is 1. The van der Waals surface area contributed by atoms with Gasteiger partial charge in [0.15, 0.2) is 0 Å². The summed E-state index contributed by atoms with van der Waals surface area (Å²) in [5.41, 5.74) is 5.66. The summed E-state index contributed by atoms with van der Waals surface area (Å²) in [5.74, 6) is -3.20. The lowest BCUT2D eigenvalue weighted by atomic mass is 9.87. The van der Waals surface area contributed by atoms with Gasteiger partial charge in [0.05, 0.1) is 25.5 Å². The Balaban J connectivity index is 0.00000102. The number of carboxylic acid groups (broad SMARTS) is 1. The van der Waals surface area contributed by atoms with E-state index < -0.39 is 45.3 Å². The molecule has 1 aliphatic rings. The molecule has 15 nitrogen and oxygen atoms in total. The molecule has 1 aliphatic heterocycles. The molecule has 1 fully saturated rings. The zero-order chi connectivity index (χ0) is 33.7. The number of methoxy groups -OCH3 is 1. The molecule has 2 aromatic carbocycles. The summed E-state index contributed by atoms with van der Waals surface area (Å²) in [6.45, 7) is 3.69. The second-order valence-electron chi connectivity index (χ2n) is 10.5. The van der Waals surface area contributed by atoms with Crippen LogP contribution in [0.25, 0.3) is 11.1 Å². The summed E-state index contributed by atoms with van der Waals surface area (Å²) in [4.78, 5) is 54.9. The SMILES string of the molecule is COc1ccc(-c2ccc(C(=O)N[C@@H]3C(=O)OCC3(C)C)cc2C(=O)O)c(C(=O)Nc2ccc(C(=N)N)cc2)n1.CS(=O)(=O)O. The van der Waals surface area contributed by atoms with Crippen LogP contribution < -0.4 is 21.1 Å². The molecule has 0 spiro atoms. The molecule has 0 radical (unpaired) electrons. The van der Waals surface area contributed by atoms with Crippen molar-refractivity contribution in [3.63, 3.8) is 0 Å². The van der Waals surface area contributed by atoms with E-state index in [-0.39, 0.29) is 46.3 Å². The number of pyridine rings is 1. The maximum absolute atomic E-state index is 13.3. The monoisotopic (exact) mass is 641 g/mol. The molecule has 0 bridgehead atoms. The lowest BCUT2D eigenvalue weighted by Crippen LogP contribution is -2.46. The molecule has 1 saturated heterocycles. The van der Waals surface area contributed by atoms with Gasteiger partial charge in [-0.05, 0) is 48.0 Å². The minimum absolute atomic E-state index is 0.00897. The Morgan fingerprint density at radius 1 is 1.04 bits per heavy atom. The van der Waals surface area contributed by atoms with Crippen LogP contribution in [0.3, 0.4) is 0 Å². The van der Waals surface area contributed by atoms with Gasteiger partial charge >= 0.3 is 11.9 Å². The van der Waals surface area contributed by atoms with E-state index in [2.05, 4.69) is 15.6 Å². The number of carbonyl (C=O) groups is 4. The number of nitrogens with zero attached hydrogens (tertiary/aromatic N) is 1.